The quantitative estimate of drug-likeness (QED) is 0.874. The second-order valence-corrected chi connectivity index (χ2v) is 4.81. The molecule has 0 amide bonds. The van der Waals surface area contributed by atoms with Crippen molar-refractivity contribution in [2.75, 3.05) is 5.32 Å². The Labute approximate surface area is 106 Å². The standard InChI is InChI=1S/C14H15N3O/c15-8-12-6-10-7-14(16-9-13(10)18-12)17-11-4-2-1-3-5-11/h6-7,9,11H,1-5H2,(H,16,17). The first-order chi connectivity index (χ1) is 8.85. The van der Waals surface area contributed by atoms with E-state index in [1.165, 1.54) is 32.1 Å². The molecule has 0 aliphatic heterocycles. The van der Waals surface area contributed by atoms with E-state index in [9.17, 15) is 0 Å². The summed E-state index contributed by atoms with van der Waals surface area (Å²) in [5.41, 5.74) is 0.667. The molecule has 0 saturated heterocycles. The number of rotatable bonds is 2. The van der Waals surface area contributed by atoms with Crippen LogP contribution in [0.4, 0.5) is 5.82 Å². The maximum Gasteiger partial charge on any atom is 0.204 e. The van der Waals surface area contributed by atoms with E-state index in [1.54, 1.807) is 12.3 Å². The van der Waals surface area contributed by atoms with Gasteiger partial charge in [-0.25, -0.2) is 4.98 Å². The van der Waals surface area contributed by atoms with E-state index >= 15 is 0 Å². The van der Waals surface area contributed by atoms with Crippen LogP contribution in [0, 0.1) is 11.3 Å². The third kappa shape index (κ3) is 2.17. The highest BCUT2D eigenvalue weighted by molar-refractivity contribution is 5.80. The van der Waals surface area contributed by atoms with Gasteiger partial charge in [0.15, 0.2) is 5.58 Å². The molecule has 2 aromatic rings. The molecule has 4 nitrogen and oxygen atoms in total. The van der Waals surface area contributed by atoms with Gasteiger partial charge in [0.2, 0.25) is 5.76 Å². The van der Waals surface area contributed by atoms with Crippen LogP contribution in [0.3, 0.4) is 0 Å². The van der Waals surface area contributed by atoms with Crippen molar-refractivity contribution in [1.29, 1.82) is 5.26 Å². The summed E-state index contributed by atoms with van der Waals surface area (Å²) in [6.45, 7) is 0. The molecule has 2 aromatic heterocycles. The van der Waals surface area contributed by atoms with E-state index in [0.29, 0.717) is 17.4 Å². The zero-order valence-corrected chi connectivity index (χ0v) is 10.1. The van der Waals surface area contributed by atoms with E-state index in [-0.39, 0.29) is 0 Å². The molecule has 18 heavy (non-hydrogen) atoms. The summed E-state index contributed by atoms with van der Waals surface area (Å²) in [6.07, 6.45) is 8.05. The minimum Gasteiger partial charge on any atom is -0.444 e. The Hall–Kier alpha value is -2.02. The first-order valence-corrected chi connectivity index (χ1v) is 6.41. The second-order valence-electron chi connectivity index (χ2n) is 4.81. The number of furan rings is 1. The molecule has 0 spiro atoms. The average molecular weight is 241 g/mol. The Morgan fingerprint density at radius 1 is 1.28 bits per heavy atom. The Morgan fingerprint density at radius 2 is 2.11 bits per heavy atom. The molecule has 0 radical (unpaired) electrons. The maximum absolute atomic E-state index is 8.79. The molecule has 0 aromatic carbocycles. The van der Waals surface area contributed by atoms with Crippen LogP contribution in [0.5, 0.6) is 0 Å². The van der Waals surface area contributed by atoms with Crippen LogP contribution in [0.15, 0.2) is 22.7 Å². The summed E-state index contributed by atoms with van der Waals surface area (Å²) in [5.74, 6) is 1.21. The number of nitrogens with zero attached hydrogens (tertiary/aromatic N) is 2. The Morgan fingerprint density at radius 3 is 2.89 bits per heavy atom. The molecular weight excluding hydrogens is 226 g/mol. The van der Waals surface area contributed by atoms with Crippen molar-refractivity contribution in [3.63, 3.8) is 0 Å². The predicted molar refractivity (Wildman–Crippen MR) is 69.2 cm³/mol. The second kappa shape index (κ2) is 4.69. The normalized spacial score (nSPS) is 16.6. The zero-order valence-electron chi connectivity index (χ0n) is 10.1. The van der Waals surface area contributed by atoms with E-state index in [0.717, 1.165) is 11.2 Å². The Bertz CT molecular complexity index is 591. The molecule has 4 heteroatoms. The molecule has 1 aliphatic rings. The van der Waals surface area contributed by atoms with Gasteiger partial charge in [-0.1, -0.05) is 19.3 Å². The number of hydrogen-bond donors (Lipinski definition) is 1. The van der Waals surface area contributed by atoms with E-state index in [4.69, 9.17) is 9.68 Å². The van der Waals surface area contributed by atoms with Gasteiger partial charge in [-0.3, -0.25) is 0 Å². The predicted octanol–water partition coefficient (Wildman–Crippen LogP) is 3.44. The molecule has 0 unspecified atom stereocenters. The largest absolute Gasteiger partial charge is 0.444 e. The topological polar surface area (TPSA) is 61.9 Å². The summed E-state index contributed by atoms with van der Waals surface area (Å²) in [5, 5.41) is 13.2. The number of pyridine rings is 1. The summed E-state index contributed by atoms with van der Waals surface area (Å²) >= 11 is 0. The van der Waals surface area contributed by atoms with Crippen LogP contribution >= 0.6 is 0 Å². The van der Waals surface area contributed by atoms with Crippen molar-refractivity contribution in [1.82, 2.24) is 4.98 Å². The summed E-state index contributed by atoms with van der Waals surface area (Å²) in [6, 6.07) is 6.24. The lowest BCUT2D eigenvalue weighted by Crippen LogP contribution is -2.22. The fourth-order valence-corrected chi connectivity index (χ4v) is 2.54. The Kier molecular flexibility index (Phi) is 2.89. The van der Waals surface area contributed by atoms with Gasteiger partial charge in [-0.05, 0) is 18.9 Å². The summed E-state index contributed by atoms with van der Waals surface area (Å²) in [7, 11) is 0. The number of fused-ring (bicyclic) bond motifs is 1. The lowest BCUT2D eigenvalue weighted by molar-refractivity contribution is 0.462. The molecule has 92 valence electrons. The Balaban J connectivity index is 1.81. The van der Waals surface area contributed by atoms with Crippen molar-refractivity contribution in [2.24, 2.45) is 0 Å². The average Bonchev–Trinajstić information content (AvgIpc) is 2.82. The number of nitrogens with one attached hydrogen (secondary N) is 1. The maximum atomic E-state index is 8.79. The van der Waals surface area contributed by atoms with Crippen molar-refractivity contribution in [3.8, 4) is 6.07 Å². The third-order valence-electron chi connectivity index (χ3n) is 3.47. The van der Waals surface area contributed by atoms with Crippen LogP contribution in [-0.2, 0) is 0 Å². The monoisotopic (exact) mass is 241 g/mol. The van der Waals surface area contributed by atoms with Gasteiger partial charge in [0.25, 0.3) is 0 Å². The first kappa shape index (κ1) is 11.1. The van der Waals surface area contributed by atoms with Crippen molar-refractivity contribution < 1.29 is 4.42 Å². The first-order valence-electron chi connectivity index (χ1n) is 6.41. The van der Waals surface area contributed by atoms with Gasteiger partial charge in [-0.15, -0.1) is 0 Å². The van der Waals surface area contributed by atoms with E-state index < -0.39 is 0 Å². The molecule has 1 fully saturated rings. The minimum atomic E-state index is 0.335. The van der Waals surface area contributed by atoms with Gasteiger partial charge < -0.3 is 9.73 Å². The SMILES string of the molecule is N#Cc1cc2cc(NC3CCCCC3)ncc2o1. The molecule has 2 heterocycles. The smallest absolute Gasteiger partial charge is 0.204 e. The third-order valence-corrected chi connectivity index (χ3v) is 3.47. The van der Waals surface area contributed by atoms with Crippen LogP contribution in [-0.4, -0.2) is 11.0 Å². The molecule has 3 rings (SSSR count). The van der Waals surface area contributed by atoms with Gasteiger partial charge in [0.05, 0.1) is 6.20 Å². The van der Waals surface area contributed by atoms with Gasteiger partial charge >= 0.3 is 0 Å². The molecule has 1 saturated carbocycles. The summed E-state index contributed by atoms with van der Waals surface area (Å²) in [4.78, 5) is 4.33. The lowest BCUT2D eigenvalue weighted by Gasteiger charge is -2.23. The summed E-state index contributed by atoms with van der Waals surface area (Å²) < 4.78 is 5.31. The van der Waals surface area contributed by atoms with Gasteiger partial charge in [0.1, 0.15) is 11.9 Å². The number of hydrogen-bond acceptors (Lipinski definition) is 4. The highest BCUT2D eigenvalue weighted by Gasteiger charge is 2.14. The molecule has 0 bridgehead atoms. The van der Waals surface area contributed by atoms with E-state index in [1.807, 2.05) is 12.1 Å². The fraction of sp³-hybridized carbons (Fsp3) is 0.429. The number of aromatic nitrogens is 1. The van der Waals surface area contributed by atoms with Crippen molar-refractivity contribution in [2.45, 2.75) is 38.1 Å². The van der Waals surface area contributed by atoms with Crippen molar-refractivity contribution >= 4 is 16.8 Å². The van der Waals surface area contributed by atoms with Gasteiger partial charge in [0, 0.05) is 17.5 Å². The highest BCUT2D eigenvalue weighted by Crippen LogP contribution is 2.24. The molecule has 1 N–H and O–H groups in total. The van der Waals surface area contributed by atoms with Gasteiger partial charge in [-0.2, -0.15) is 5.26 Å². The minimum absolute atomic E-state index is 0.335. The molecule has 0 atom stereocenters. The fourth-order valence-electron chi connectivity index (χ4n) is 2.54. The van der Waals surface area contributed by atoms with Crippen LogP contribution < -0.4 is 5.32 Å². The number of nitriles is 1. The zero-order chi connectivity index (χ0) is 12.4. The lowest BCUT2D eigenvalue weighted by atomic mass is 9.95. The van der Waals surface area contributed by atoms with Crippen LogP contribution in [0.1, 0.15) is 37.9 Å². The molecular formula is C14H15N3O. The number of anilines is 1. The van der Waals surface area contributed by atoms with Crippen LogP contribution in [0.25, 0.3) is 11.0 Å². The van der Waals surface area contributed by atoms with E-state index in [2.05, 4.69) is 10.3 Å². The van der Waals surface area contributed by atoms with Crippen LogP contribution in [0.2, 0.25) is 0 Å². The van der Waals surface area contributed by atoms with Crippen molar-refractivity contribution in [3.05, 3.63) is 24.1 Å². The molecule has 1 aliphatic carbocycles. The highest BCUT2D eigenvalue weighted by atomic mass is 16.3.